The van der Waals surface area contributed by atoms with Crippen molar-refractivity contribution in [1.82, 2.24) is 19.4 Å². The van der Waals surface area contributed by atoms with Gasteiger partial charge in [0.25, 0.3) is 0 Å². The minimum atomic E-state index is -0.890. The molecule has 2 aromatic heterocycles. The maximum Gasteiger partial charge on any atom is 0.306 e. The van der Waals surface area contributed by atoms with Crippen LogP contribution in [0.25, 0.3) is 11.0 Å². The summed E-state index contributed by atoms with van der Waals surface area (Å²) in [6.45, 7) is 11.5. The number of ether oxygens (including phenoxy) is 3. The number of amides is 1. The lowest BCUT2D eigenvalue weighted by molar-refractivity contribution is -0.168. The molecule has 3 rings (SSSR count). The third-order valence-electron chi connectivity index (χ3n) is 15.6. The molecule has 0 bridgehead atoms. The first-order chi connectivity index (χ1) is 36.8. The fourth-order valence-electron chi connectivity index (χ4n) is 10.6. The third kappa shape index (κ3) is 27.7. The Morgan fingerprint density at radius 2 is 1.14 bits per heavy atom. The molecule has 430 valence electrons. The van der Waals surface area contributed by atoms with E-state index in [9.17, 15) is 24.0 Å². The molecule has 3 heterocycles. The molecule has 0 saturated carbocycles. The summed E-state index contributed by atoms with van der Waals surface area (Å²) in [6, 6.07) is 3.83. The average Bonchev–Trinajstić information content (AvgIpc) is 3.84. The van der Waals surface area contributed by atoms with Crippen molar-refractivity contribution in [3.8, 4) is 6.07 Å². The zero-order chi connectivity index (χ0) is 55.2. The Morgan fingerprint density at radius 3 is 1.64 bits per heavy atom. The van der Waals surface area contributed by atoms with Crippen molar-refractivity contribution in [3.63, 3.8) is 0 Å². The van der Waals surface area contributed by atoms with E-state index < -0.39 is 17.5 Å². The predicted molar refractivity (Wildman–Crippen MR) is 305 cm³/mol. The number of carbonyl (C=O) groups is 5. The number of fused-ring (bicyclic) bond motifs is 1. The van der Waals surface area contributed by atoms with Gasteiger partial charge in [-0.2, -0.15) is 5.26 Å². The highest BCUT2D eigenvalue weighted by molar-refractivity contribution is 5.95. The number of likely N-dealkylation sites (N-methyl/N-ethyl adjacent to an activating group) is 1. The van der Waals surface area contributed by atoms with Gasteiger partial charge in [-0.25, -0.2) is 9.97 Å². The van der Waals surface area contributed by atoms with Crippen LogP contribution in [-0.4, -0.2) is 94.7 Å². The lowest BCUT2D eigenvalue weighted by Gasteiger charge is -2.42. The predicted octanol–water partition coefficient (Wildman–Crippen LogP) is 15.0. The Hall–Kier alpha value is -4.54. The molecule has 0 aliphatic carbocycles. The fraction of sp³-hybridized carbons (Fsp3) is 0.806. The van der Waals surface area contributed by atoms with Crippen LogP contribution in [0.3, 0.4) is 0 Å². The summed E-state index contributed by atoms with van der Waals surface area (Å²) < 4.78 is 18.7. The molecule has 0 unspecified atom stereocenters. The van der Waals surface area contributed by atoms with Crippen LogP contribution in [0.1, 0.15) is 271 Å². The number of carbonyl (C=O) groups excluding carboxylic acids is 5. The van der Waals surface area contributed by atoms with E-state index in [1.165, 1.54) is 135 Å². The summed E-state index contributed by atoms with van der Waals surface area (Å²) in [7, 11) is 1.96. The number of hydrogen-bond donors (Lipinski definition) is 0. The zero-order valence-electron chi connectivity index (χ0n) is 48.7. The van der Waals surface area contributed by atoms with Crippen molar-refractivity contribution in [1.29, 1.82) is 5.26 Å². The minimum absolute atomic E-state index is 0.0115. The molecule has 1 fully saturated rings. The average molecular weight is 1060 g/mol. The Morgan fingerprint density at radius 1 is 0.671 bits per heavy atom. The normalized spacial score (nSPS) is 14.7. The maximum atomic E-state index is 13.5. The lowest BCUT2D eigenvalue weighted by atomic mass is 9.83. The van der Waals surface area contributed by atoms with E-state index in [0.29, 0.717) is 50.2 Å². The first-order valence-corrected chi connectivity index (χ1v) is 30.5. The van der Waals surface area contributed by atoms with Crippen molar-refractivity contribution < 1.29 is 38.2 Å². The second kappa shape index (κ2) is 39.8. The summed E-state index contributed by atoms with van der Waals surface area (Å²) in [5, 5.41) is 9.83. The first-order valence-electron chi connectivity index (χ1n) is 30.5. The van der Waals surface area contributed by atoms with Crippen molar-refractivity contribution in [2.24, 2.45) is 11.3 Å². The van der Waals surface area contributed by atoms with E-state index in [1.807, 2.05) is 33.0 Å². The highest BCUT2D eigenvalue weighted by Gasteiger charge is 2.33. The second-order valence-electron chi connectivity index (χ2n) is 23.0. The topological polar surface area (TPSA) is 174 Å². The van der Waals surface area contributed by atoms with Crippen LogP contribution in [0.5, 0.6) is 0 Å². The van der Waals surface area contributed by atoms with Crippen molar-refractivity contribution >= 4 is 46.6 Å². The molecule has 2 atom stereocenters. The molecule has 0 aromatic carbocycles. The number of anilines is 1. The van der Waals surface area contributed by atoms with Crippen molar-refractivity contribution in [2.45, 2.75) is 278 Å². The first kappa shape index (κ1) is 65.7. The van der Waals surface area contributed by atoms with Crippen molar-refractivity contribution in [2.75, 3.05) is 38.3 Å². The van der Waals surface area contributed by atoms with Crippen LogP contribution in [-0.2, 0) is 33.4 Å². The van der Waals surface area contributed by atoms with Crippen LogP contribution in [0, 0.1) is 22.7 Å². The second-order valence-corrected chi connectivity index (χ2v) is 23.0. The summed E-state index contributed by atoms with van der Waals surface area (Å²) in [6.07, 6.45) is 38.9. The Bertz CT molecular complexity index is 1930. The number of nitrogens with zero attached hydrogens (tertiary/aromatic N) is 6. The van der Waals surface area contributed by atoms with E-state index >= 15 is 0 Å². The Labute approximate surface area is 459 Å². The number of likely N-dealkylation sites (tertiary alicyclic amines) is 1. The molecule has 0 N–H and O–H groups in total. The summed E-state index contributed by atoms with van der Waals surface area (Å²) in [5.74, 6) is -0.340. The van der Waals surface area contributed by atoms with E-state index in [1.54, 1.807) is 15.7 Å². The monoisotopic (exact) mass is 1060 g/mol. The number of esters is 3. The molecule has 76 heavy (non-hydrogen) atoms. The van der Waals surface area contributed by atoms with Crippen LogP contribution < -0.4 is 4.90 Å². The molecule has 1 aliphatic rings. The molecule has 1 amide bonds. The fourth-order valence-corrected chi connectivity index (χ4v) is 10.6. The number of hydrogen-bond acceptors (Lipinski definition) is 12. The smallest absolute Gasteiger partial charge is 0.306 e. The number of nitriles is 1. The molecular weight excluding hydrogens is 957 g/mol. The molecule has 1 saturated heterocycles. The summed E-state index contributed by atoms with van der Waals surface area (Å²) >= 11 is 0. The lowest BCUT2D eigenvalue weighted by Crippen LogP contribution is -2.52. The van der Waals surface area contributed by atoms with Gasteiger partial charge in [0.1, 0.15) is 31.8 Å². The van der Waals surface area contributed by atoms with Gasteiger partial charge in [0.05, 0.1) is 23.9 Å². The van der Waals surface area contributed by atoms with Gasteiger partial charge in [-0.1, -0.05) is 202 Å². The molecule has 2 aromatic rings. The molecule has 1 aliphatic heterocycles. The molecule has 0 spiro atoms. The Kier molecular flexibility index (Phi) is 34.4. The largest absolute Gasteiger partial charge is 0.462 e. The van der Waals surface area contributed by atoms with Crippen LogP contribution >= 0.6 is 0 Å². The third-order valence-corrected chi connectivity index (χ3v) is 15.6. The molecular formula is C62H104N6O8. The standard InChI is InChI=1S/C62H104N6O8/c1-7-9-11-13-15-17-19-21-23-25-27-29-33-37-57(71)74-48-52(49-75-58(72)38-34-30-28-26-24-22-20-18-16-14-12-10-8-2)76-59(73)46-62(4,5)42-35-31-32-36-56(70)68-45-41-53-60(64-50-65-61(53)68)66(6)54-47-67(44-40-51(54)3)55(69)39-43-63/h41,45,50-52,54H,7-40,42,44,46-49H2,1-6H3/t51-,54+/m1/s1. The van der Waals surface area contributed by atoms with E-state index in [4.69, 9.17) is 19.5 Å². The van der Waals surface area contributed by atoms with E-state index in [0.717, 1.165) is 69.6 Å². The van der Waals surface area contributed by atoms with Crippen LogP contribution in [0.4, 0.5) is 5.82 Å². The summed E-state index contributed by atoms with van der Waals surface area (Å²) in [5.41, 5.74) is 0.141. The number of aromatic nitrogens is 3. The number of piperidine rings is 1. The van der Waals surface area contributed by atoms with Gasteiger partial charge in [-0.05, 0) is 49.5 Å². The van der Waals surface area contributed by atoms with Gasteiger partial charge < -0.3 is 24.0 Å². The van der Waals surface area contributed by atoms with Gasteiger partial charge in [-0.15, -0.1) is 0 Å². The van der Waals surface area contributed by atoms with Gasteiger partial charge >= 0.3 is 17.9 Å². The van der Waals surface area contributed by atoms with Gasteiger partial charge in [-0.3, -0.25) is 28.5 Å². The molecule has 0 radical (unpaired) electrons. The van der Waals surface area contributed by atoms with E-state index in [-0.39, 0.29) is 61.8 Å². The number of rotatable bonds is 44. The van der Waals surface area contributed by atoms with Gasteiger partial charge in [0.15, 0.2) is 11.8 Å². The van der Waals surface area contributed by atoms with Crippen molar-refractivity contribution in [3.05, 3.63) is 18.6 Å². The quantitative estimate of drug-likeness (QED) is 0.0349. The molecule has 14 nitrogen and oxygen atoms in total. The summed E-state index contributed by atoms with van der Waals surface area (Å²) in [4.78, 5) is 78.1. The minimum Gasteiger partial charge on any atom is -0.462 e. The number of unbranched alkanes of at least 4 members (excludes halogenated alkanes) is 26. The molecule has 14 heteroatoms. The van der Waals surface area contributed by atoms with Crippen LogP contribution in [0.15, 0.2) is 18.6 Å². The van der Waals surface area contributed by atoms with Gasteiger partial charge in [0, 0.05) is 45.6 Å². The van der Waals surface area contributed by atoms with E-state index in [2.05, 4.69) is 35.6 Å². The Balaban J connectivity index is 1.42. The van der Waals surface area contributed by atoms with Crippen LogP contribution in [0.2, 0.25) is 0 Å². The SMILES string of the molecule is CCCCCCCCCCCCCCCC(=O)OCC(COC(=O)CCCCCCCCCCCCCCC)OC(=O)CC(C)(C)CCCCCC(=O)n1ccc2c(N(C)[C@H]3CN(C(=O)CC#N)CC[C@H]3C)ncnc21. The zero-order valence-corrected chi connectivity index (χ0v) is 48.7. The van der Waals surface area contributed by atoms with Gasteiger partial charge in [0.2, 0.25) is 11.8 Å². The highest BCUT2D eigenvalue weighted by Crippen LogP contribution is 2.31. The highest BCUT2D eigenvalue weighted by atomic mass is 16.6. The maximum absolute atomic E-state index is 13.5.